The van der Waals surface area contributed by atoms with Crippen LogP contribution in [0.1, 0.15) is 47.1 Å². The van der Waals surface area contributed by atoms with Crippen molar-refractivity contribution in [3.8, 4) is 0 Å². The van der Waals surface area contributed by atoms with Crippen molar-refractivity contribution in [2.45, 2.75) is 53.6 Å². The fraction of sp³-hybridized carbons (Fsp3) is 0.688. The monoisotopic (exact) mass is 281 g/mol. The number of pyridine rings is 1. The molecule has 4 heteroatoms. The Kier molecular flexibility index (Phi) is 5.14. The molecule has 0 aliphatic carbocycles. The summed E-state index contributed by atoms with van der Waals surface area (Å²) < 4.78 is 14.5. The van der Waals surface area contributed by atoms with Crippen molar-refractivity contribution in [1.82, 2.24) is 10.3 Å². The van der Waals surface area contributed by atoms with E-state index in [1.807, 2.05) is 11.9 Å². The van der Waals surface area contributed by atoms with Crippen LogP contribution >= 0.6 is 0 Å². The normalized spacial score (nSPS) is 12.6. The Balaban J connectivity index is 2.89. The number of anilines is 1. The van der Waals surface area contributed by atoms with Gasteiger partial charge in [-0.2, -0.15) is 0 Å². The summed E-state index contributed by atoms with van der Waals surface area (Å²) >= 11 is 0. The van der Waals surface area contributed by atoms with Crippen molar-refractivity contribution >= 4 is 5.82 Å². The van der Waals surface area contributed by atoms with Crippen LogP contribution in [0.4, 0.5) is 10.2 Å². The van der Waals surface area contributed by atoms with Crippen LogP contribution in [-0.4, -0.2) is 24.1 Å². The molecule has 1 heterocycles. The Morgan fingerprint density at radius 2 is 1.80 bits per heavy atom. The minimum absolute atomic E-state index is 0.0345. The van der Waals surface area contributed by atoms with Crippen LogP contribution in [0.15, 0.2) is 12.3 Å². The van der Waals surface area contributed by atoms with Gasteiger partial charge in [-0.3, -0.25) is 0 Å². The van der Waals surface area contributed by atoms with Crippen LogP contribution in [-0.2, 0) is 6.54 Å². The molecule has 1 aromatic rings. The van der Waals surface area contributed by atoms with E-state index in [9.17, 15) is 4.39 Å². The van der Waals surface area contributed by atoms with Crippen molar-refractivity contribution in [2.24, 2.45) is 5.41 Å². The molecule has 0 unspecified atom stereocenters. The van der Waals surface area contributed by atoms with E-state index in [-0.39, 0.29) is 16.8 Å². The Hall–Kier alpha value is -1.16. The zero-order chi connectivity index (χ0) is 15.6. The van der Waals surface area contributed by atoms with Crippen LogP contribution in [0.5, 0.6) is 0 Å². The highest BCUT2D eigenvalue weighted by molar-refractivity contribution is 5.42. The lowest BCUT2D eigenvalue weighted by molar-refractivity contribution is 0.411. The smallest absolute Gasteiger partial charge is 0.170 e. The molecule has 0 spiro atoms. The maximum atomic E-state index is 14.5. The van der Waals surface area contributed by atoms with Crippen molar-refractivity contribution < 1.29 is 4.39 Å². The highest BCUT2D eigenvalue weighted by atomic mass is 19.1. The fourth-order valence-corrected chi connectivity index (χ4v) is 2.02. The van der Waals surface area contributed by atoms with Crippen molar-refractivity contribution in [2.75, 3.05) is 18.5 Å². The molecule has 114 valence electrons. The minimum Gasteiger partial charge on any atom is -0.357 e. The first-order valence-electron chi connectivity index (χ1n) is 7.09. The van der Waals surface area contributed by atoms with Crippen molar-refractivity contribution in [3.05, 3.63) is 23.6 Å². The largest absolute Gasteiger partial charge is 0.357 e. The summed E-state index contributed by atoms with van der Waals surface area (Å²) in [5.74, 6) is 0.198. The molecule has 1 N–H and O–H groups in total. The Morgan fingerprint density at radius 1 is 1.20 bits per heavy atom. The van der Waals surface area contributed by atoms with Gasteiger partial charge in [-0.1, -0.05) is 20.8 Å². The van der Waals surface area contributed by atoms with Gasteiger partial charge in [-0.25, -0.2) is 9.37 Å². The highest BCUT2D eigenvalue weighted by Crippen LogP contribution is 2.23. The van der Waals surface area contributed by atoms with Gasteiger partial charge in [-0.15, -0.1) is 0 Å². The average molecular weight is 281 g/mol. The van der Waals surface area contributed by atoms with Gasteiger partial charge in [0.25, 0.3) is 0 Å². The molecule has 1 rings (SSSR count). The van der Waals surface area contributed by atoms with Gasteiger partial charge in [0.05, 0.1) is 0 Å². The van der Waals surface area contributed by atoms with Crippen molar-refractivity contribution in [1.29, 1.82) is 0 Å². The first-order chi connectivity index (χ1) is 8.99. The van der Waals surface area contributed by atoms with E-state index < -0.39 is 0 Å². The summed E-state index contributed by atoms with van der Waals surface area (Å²) in [6.07, 6.45) is 1.68. The summed E-state index contributed by atoms with van der Waals surface area (Å²) in [6, 6.07) is 1.74. The van der Waals surface area contributed by atoms with E-state index >= 15 is 0 Å². The van der Waals surface area contributed by atoms with Crippen LogP contribution < -0.4 is 10.2 Å². The van der Waals surface area contributed by atoms with Gasteiger partial charge in [0.15, 0.2) is 11.6 Å². The van der Waals surface area contributed by atoms with Crippen LogP contribution in [0, 0.1) is 11.2 Å². The van der Waals surface area contributed by atoms with Gasteiger partial charge in [0, 0.05) is 37.4 Å². The molecule has 0 aliphatic heterocycles. The molecule has 0 radical (unpaired) electrons. The van der Waals surface area contributed by atoms with E-state index in [1.54, 1.807) is 12.3 Å². The first kappa shape index (κ1) is 16.9. The van der Waals surface area contributed by atoms with E-state index in [2.05, 4.69) is 51.8 Å². The molecule has 20 heavy (non-hydrogen) atoms. The Morgan fingerprint density at radius 3 is 2.30 bits per heavy atom. The van der Waals surface area contributed by atoms with Gasteiger partial charge in [0.2, 0.25) is 0 Å². The van der Waals surface area contributed by atoms with Gasteiger partial charge in [-0.05, 0) is 32.3 Å². The summed E-state index contributed by atoms with van der Waals surface area (Å²) in [5, 5.41) is 3.31. The highest BCUT2D eigenvalue weighted by Gasteiger charge is 2.19. The molecule has 1 aromatic heterocycles. The topological polar surface area (TPSA) is 28.2 Å². The van der Waals surface area contributed by atoms with Gasteiger partial charge in [0.1, 0.15) is 0 Å². The molecule has 3 nitrogen and oxygen atoms in total. The quantitative estimate of drug-likeness (QED) is 0.914. The molecule has 0 saturated heterocycles. The SMILES string of the molecule is CN(CC(C)(C)C)c1nccc(CNC(C)(C)C)c1F. The fourth-order valence-electron chi connectivity index (χ4n) is 2.02. The van der Waals surface area contributed by atoms with E-state index in [0.29, 0.717) is 17.9 Å². The average Bonchev–Trinajstić information content (AvgIpc) is 2.24. The molecule has 0 saturated carbocycles. The number of aromatic nitrogens is 1. The third kappa shape index (κ3) is 5.45. The number of nitrogens with zero attached hydrogens (tertiary/aromatic N) is 2. The minimum atomic E-state index is -0.226. The molecular formula is C16H28FN3. The summed E-state index contributed by atoms with van der Waals surface area (Å²) in [4.78, 5) is 6.08. The maximum absolute atomic E-state index is 14.5. The molecule has 0 amide bonds. The molecule has 0 aromatic carbocycles. The van der Waals surface area contributed by atoms with Gasteiger partial charge >= 0.3 is 0 Å². The molecular weight excluding hydrogens is 253 g/mol. The molecule has 0 aliphatic rings. The summed E-state index contributed by atoms with van der Waals surface area (Å²) in [7, 11) is 1.89. The number of halogens is 1. The van der Waals surface area contributed by atoms with E-state index in [4.69, 9.17) is 0 Å². The standard InChI is InChI=1S/C16H28FN3/c1-15(2,3)11-20(7)14-13(17)12(8-9-18-14)10-19-16(4,5)6/h8-9,19H,10-11H2,1-7H3. The summed E-state index contributed by atoms with van der Waals surface area (Å²) in [5.41, 5.74) is 0.723. The van der Waals surface area contributed by atoms with Crippen molar-refractivity contribution in [3.63, 3.8) is 0 Å². The van der Waals surface area contributed by atoms with Crippen LogP contribution in [0.25, 0.3) is 0 Å². The number of hydrogen-bond acceptors (Lipinski definition) is 3. The lowest BCUT2D eigenvalue weighted by atomic mass is 9.96. The maximum Gasteiger partial charge on any atom is 0.170 e. The number of nitrogens with one attached hydrogen (secondary N) is 1. The second kappa shape index (κ2) is 6.08. The number of rotatable bonds is 4. The summed E-state index contributed by atoms with van der Waals surface area (Å²) in [6.45, 7) is 13.9. The third-order valence-electron chi connectivity index (χ3n) is 2.83. The third-order valence-corrected chi connectivity index (χ3v) is 2.83. The van der Waals surface area contributed by atoms with Crippen LogP contribution in [0.3, 0.4) is 0 Å². The Labute approximate surface area is 122 Å². The first-order valence-corrected chi connectivity index (χ1v) is 7.09. The molecule has 0 bridgehead atoms. The lowest BCUT2D eigenvalue weighted by Gasteiger charge is -2.28. The predicted molar refractivity (Wildman–Crippen MR) is 83.5 cm³/mol. The van der Waals surface area contributed by atoms with E-state index in [1.165, 1.54) is 0 Å². The zero-order valence-electron chi connectivity index (χ0n) is 13.8. The zero-order valence-corrected chi connectivity index (χ0v) is 13.8. The predicted octanol–water partition coefficient (Wildman–Crippen LogP) is 3.59. The second-order valence-electron chi connectivity index (χ2n) is 7.63. The molecule has 0 fully saturated rings. The Bertz CT molecular complexity index is 444. The van der Waals surface area contributed by atoms with Gasteiger partial charge < -0.3 is 10.2 Å². The second-order valence-corrected chi connectivity index (χ2v) is 7.63. The molecule has 0 atom stereocenters. The van der Waals surface area contributed by atoms with Crippen LogP contribution in [0.2, 0.25) is 0 Å². The van der Waals surface area contributed by atoms with E-state index in [0.717, 1.165) is 6.54 Å². The number of hydrogen-bond donors (Lipinski definition) is 1. The lowest BCUT2D eigenvalue weighted by Crippen LogP contribution is -2.35.